The molecule has 3 N–H and O–H groups in total. The number of hydrogen-bond acceptors (Lipinski definition) is 8. The lowest BCUT2D eigenvalue weighted by atomic mass is 9.95. The van der Waals surface area contributed by atoms with Crippen molar-refractivity contribution < 1.29 is 13.5 Å². The Bertz CT molecular complexity index is 1350. The molecule has 0 unspecified atom stereocenters. The van der Waals surface area contributed by atoms with Crippen LogP contribution in [0.25, 0.3) is 16.9 Å². The first kappa shape index (κ1) is 22.9. The summed E-state index contributed by atoms with van der Waals surface area (Å²) in [4.78, 5) is 16.0. The maximum Gasteiger partial charge on any atom is 0.228 e. The first-order chi connectivity index (χ1) is 16.9. The highest BCUT2D eigenvalue weighted by molar-refractivity contribution is 5.85. The van der Waals surface area contributed by atoms with Gasteiger partial charge >= 0.3 is 0 Å². The van der Waals surface area contributed by atoms with E-state index in [2.05, 4.69) is 15.4 Å². The molecular weight excluding hydrogens is 454 g/mol. The average Bonchev–Trinajstić information content (AvgIpc) is 3.19. The zero-order valence-corrected chi connectivity index (χ0v) is 19.4. The van der Waals surface area contributed by atoms with Crippen molar-refractivity contribution in [2.45, 2.75) is 19.9 Å². The van der Waals surface area contributed by atoms with E-state index >= 15 is 0 Å². The highest BCUT2D eigenvalue weighted by atomic mass is 19.1. The molecule has 4 aromatic rings. The largest absolute Gasteiger partial charge is 0.382 e. The van der Waals surface area contributed by atoms with Gasteiger partial charge in [0.1, 0.15) is 17.5 Å². The summed E-state index contributed by atoms with van der Waals surface area (Å²) in [7, 11) is 0. The molecule has 0 amide bonds. The van der Waals surface area contributed by atoms with Gasteiger partial charge in [0.05, 0.1) is 30.5 Å². The summed E-state index contributed by atoms with van der Waals surface area (Å²) in [6.45, 7) is 6.30. The zero-order valence-electron chi connectivity index (χ0n) is 19.4. The van der Waals surface area contributed by atoms with Crippen LogP contribution in [0.4, 0.5) is 26.4 Å². The molecule has 5 rings (SSSR count). The van der Waals surface area contributed by atoms with Crippen molar-refractivity contribution in [3.05, 3.63) is 59.9 Å². The molecule has 0 saturated carbocycles. The van der Waals surface area contributed by atoms with E-state index in [1.807, 2.05) is 18.7 Å². The van der Waals surface area contributed by atoms with Crippen molar-refractivity contribution >= 4 is 23.2 Å². The van der Waals surface area contributed by atoms with Gasteiger partial charge < -0.3 is 20.7 Å². The molecule has 9 nitrogen and oxygen atoms in total. The number of nitrogens with zero attached hydrogens (tertiary/aromatic N) is 6. The number of rotatable bonds is 6. The number of hydrogen-bond donors (Lipinski definition) is 2. The second-order valence-electron chi connectivity index (χ2n) is 8.72. The number of benzene rings is 1. The van der Waals surface area contributed by atoms with Gasteiger partial charge in [-0.25, -0.2) is 23.3 Å². The van der Waals surface area contributed by atoms with E-state index in [0.29, 0.717) is 60.5 Å². The van der Waals surface area contributed by atoms with Crippen molar-refractivity contribution in [2.75, 3.05) is 42.3 Å². The van der Waals surface area contributed by atoms with E-state index in [1.54, 1.807) is 29.0 Å². The quantitative estimate of drug-likeness (QED) is 0.430. The maximum atomic E-state index is 14.7. The number of nitrogens with two attached hydrogens (primary N) is 1. The lowest BCUT2D eigenvalue weighted by molar-refractivity contribution is 0.122. The number of morpholine rings is 1. The monoisotopic (exact) mass is 480 g/mol. The predicted octanol–water partition coefficient (Wildman–Crippen LogP) is 3.69. The van der Waals surface area contributed by atoms with Gasteiger partial charge in [-0.3, -0.25) is 0 Å². The van der Waals surface area contributed by atoms with E-state index in [9.17, 15) is 8.78 Å². The Morgan fingerprint density at radius 1 is 1.11 bits per heavy atom. The SMILES string of the molecule is CC(C)[C@@H](Nc1cc(-c2c(N)nn3cccnc23)nc(N2CCOCC2)n1)c1ccc(F)cc1F. The summed E-state index contributed by atoms with van der Waals surface area (Å²) in [6.07, 6.45) is 3.42. The van der Waals surface area contributed by atoms with Crippen LogP contribution in [-0.4, -0.2) is 50.9 Å². The van der Waals surface area contributed by atoms with Crippen LogP contribution >= 0.6 is 0 Å². The summed E-state index contributed by atoms with van der Waals surface area (Å²) >= 11 is 0. The minimum Gasteiger partial charge on any atom is -0.382 e. The van der Waals surface area contributed by atoms with Gasteiger partial charge in [0.15, 0.2) is 11.5 Å². The minimum absolute atomic E-state index is 0.0241. The van der Waals surface area contributed by atoms with Gasteiger partial charge in [0, 0.05) is 43.2 Å². The van der Waals surface area contributed by atoms with Crippen LogP contribution in [0.15, 0.2) is 42.7 Å². The first-order valence-corrected chi connectivity index (χ1v) is 11.4. The molecule has 0 spiro atoms. The highest BCUT2D eigenvalue weighted by Gasteiger charge is 2.24. The average molecular weight is 481 g/mol. The van der Waals surface area contributed by atoms with Crippen LogP contribution in [-0.2, 0) is 4.74 Å². The van der Waals surface area contributed by atoms with Crippen LogP contribution in [0, 0.1) is 17.6 Å². The van der Waals surface area contributed by atoms with Crippen LogP contribution in [0.1, 0.15) is 25.5 Å². The first-order valence-electron chi connectivity index (χ1n) is 11.4. The number of aromatic nitrogens is 5. The van der Waals surface area contributed by atoms with Crippen LogP contribution in [0.3, 0.4) is 0 Å². The standard InChI is InChI=1S/C24H26F2N8O/c1-14(2)21(16-5-4-15(25)12-17(16)26)30-19-13-18(29-24(31-19)33-8-10-35-11-9-33)20-22(27)32-34-7-3-6-28-23(20)34/h3-7,12-14,21H,8-11H2,1-2H3,(H2,27,32)(H,29,30,31)/t21-/m1/s1. The molecule has 0 bridgehead atoms. The third-order valence-corrected chi connectivity index (χ3v) is 5.95. The van der Waals surface area contributed by atoms with Crippen molar-refractivity contribution in [2.24, 2.45) is 5.92 Å². The Morgan fingerprint density at radius 2 is 1.91 bits per heavy atom. The second-order valence-corrected chi connectivity index (χ2v) is 8.72. The molecule has 1 fully saturated rings. The fraction of sp³-hybridized carbons (Fsp3) is 0.333. The van der Waals surface area contributed by atoms with Crippen LogP contribution < -0.4 is 16.0 Å². The third kappa shape index (κ3) is 4.59. The molecule has 1 saturated heterocycles. The van der Waals surface area contributed by atoms with Crippen molar-refractivity contribution in [3.8, 4) is 11.3 Å². The number of anilines is 3. The van der Waals surface area contributed by atoms with Gasteiger partial charge in [-0.2, -0.15) is 4.98 Å². The predicted molar refractivity (Wildman–Crippen MR) is 129 cm³/mol. The lowest BCUT2D eigenvalue weighted by Gasteiger charge is -2.28. The van der Waals surface area contributed by atoms with Gasteiger partial charge in [-0.05, 0) is 18.1 Å². The van der Waals surface area contributed by atoms with E-state index in [1.165, 1.54) is 12.1 Å². The Morgan fingerprint density at radius 3 is 2.66 bits per heavy atom. The normalized spacial score (nSPS) is 15.1. The lowest BCUT2D eigenvalue weighted by Crippen LogP contribution is -2.37. The number of fused-ring (bicyclic) bond motifs is 1. The molecule has 11 heteroatoms. The van der Waals surface area contributed by atoms with Gasteiger partial charge in [0.2, 0.25) is 5.95 Å². The van der Waals surface area contributed by atoms with Crippen molar-refractivity contribution in [1.29, 1.82) is 0 Å². The fourth-order valence-corrected chi connectivity index (χ4v) is 4.21. The fourth-order valence-electron chi connectivity index (χ4n) is 4.21. The number of ether oxygens (including phenoxy) is 1. The zero-order chi connectivity index (χ0) is 24.5. The maximum absolute atomic E-state index is 14.7. The van der Waals surface area contributed by atoms with E-state index in [4.69, 9.17) is 20.4 Å². The highest BCUT2D eigenvalue weighted by Crippen LogP contribution is 2.33. The summed E-state index contributed by atoms with van der Waals surface area (Å²) in [5, 5.41) is 7.69. The Hall–Kier alpha value is -3.86. The summed E-state index contributed by atoms with van der Waals surface area (Å²) in [5.41, 5.74) is 8.31. The van der Waals surface area contributed by atoms with E-state index in [0.717, 1.165) is 6.07 Å². The van der Waals surface area contributed by atoms with Gasteiger partial charge in [0.25, 0.3) is 0 Å². The molecule has 1 aliphatic heterocycles. The molecule has 1 aromatic carbocycles. The molecule has 35 heavy (non-hydrogen) atoms. The minimum atomic E-state index is -0.622. The second kappa shape index (κ2) is 9.41. The van der Waals surface area contributed by atoms with Gasteiger partial charge in [-0.15, -0.1) is 5.10 Å². The van der Waals surface area contributed by atoms with Gasteiger partial charge in [-0.1, -0.05) is 19.9 Å². The third-order valence-electron chi connectivity index (χ3n) is 5.95. The summed E-state index contributed by atoms with van der Waals surface area (Å²) < 4.78 is 35.3. The van der Waals surface area contributed by atoms with Crippen molar-refractivity contribution in [1.82, 2.24) is 24.6 Å². The van der Waals surface area contributed by atoms with Crippen molar-refractivity contribution in [3.63, 3.8) is 0 Å². The number of halogens is 2. The summed E-state index contributed by atoms with van der Waals surface area (Å²) in [6, 6.07) is 6.66. The molecule has 1 atom stereocenters. The molecule has 0 radical (unpaired) electrons. The molecular formula is C24H26F2N8O. The molecule has 182 valence electrons. The molecule has 1 aliphatic rings. The molecule has 3 aromatic heterocycles. The van der Waals surface area contributed by atoms with E-state index < -0.39 is 17.7 Å². The Kier molecular flexibility index (Phi) is 6.16. The van der Waals surface area contributed by atoms with Crippen LogP contribution in [0.5, 0.6) is 0 Å². The van der Waals surface area contributed by atoms with E-state index in [-0.39, 0.29) is 11.7 Å². The Balaban J connectivity index is 1.61. The Labute approximate surface area is 201 Å². The topological polar surface area (TPSA) is 106 Å². The molecule has 4 heterocycles. The molecule has 0 aliphatic carbocycles. The number of nitrogens with one attached hydrogen (secondary N) is 1. The number of nitrogen functional groups attached to an aromatic ring is 1. The van der Waals surface area contributed by atoms with Crippen LogP contribution in [0.2, 0.25) is 0 Å². The smallest absolute Gasteiger partial charge is 0.228 e. The summed E-state index contributed by atoms with van der Waals surface area (Å²) in [5.74, 6) is -0.00689.